The number of alkyl halides is 3. The van der Waals surface area contributed by atoms with Crippen LogP contribution in [-0.2, 0) is 30.2 Å². The summed E-state index contributed by atoms with van der Waals surface area (Å²) >= 11 is 0. The minimum Gasteiger partial charge on any atom is -0.483 e. The van der Waals surface area contributed by atoms with Crippen LogP contribution in [0.15, 0.2) is 59.1 Å². The van der Waals surface area contributed by atoms with Gasteiger partial charge in [0.15, 0.2) is 6.61 Å². The molecule has 13 heteroatoms. The topological polar surface area (TPSA) is 105 Å². The number of hydrogen-bond donors (Lipinski definition) is 1. The number of hydrogen-bond acceptors (Lipinski definition) is 9. The molecule has 210 valence electrons. The number of carbonyl (C=O) groups is 1. The van der Waals surface area contributed by atoms with Crippen LogP contribution in [0.5, 0.6) is 5.75 Å². The number of fused-ring (bicyclic) bond motifs is 1. The molecule has 2 atom stereocenters. The number of nitrogens with zero attached hydrogens (tertiary/aromatic N) is 4. The highest BCUT2D eigenvalue weighted by Crippen LogP contribution is 2.34. The first-order valence-electron chi connectivity index (χ1n) is 12.1. The summed E-state index contributed by atoms with van der Waals surface area (Å²) in [6.45, 7) is 0.803. The van der Waals surface area contributed by atoms with Gasteiger partial charge in [0.2, 0.25) is 0 Å². The number of aromatic nitrogens is 1. The van der Waals surface area contributed by atoms with Crippen molar-refractivity contribution in [2.24, 2.45) is 4.36 Å². The van der Waals surface area contributed by atoms with Gasteiger partial charge >= 0.3 is 6.18 Å². The number of aliphatic hydroxyl groups is 1. The Labute approximate surface area is 225 Å². The van der Waals surface area contributed by atoms with Gasteiger partial charge in [-0.15, -0.1) is 0 Å². The predicted molar refractivity (Wildman–Crippen MR) is 138 cm³/mol. The molecule has 0 aliphatic carbocycles. The molecular formula is C26H28F3N4O5S-. The Morgan fingerprint density at radius 2 is 2.08 bits per heavy atom. The Hall–Kier alpha value is -3.26. The number of pyridine rings is 1. The van der Waals surface area contributed by atoms with E-state index in [1.165, 1.54) is 31.3 Å². The average Bonchev–Trinajstić information content (AvgIpc) is 3.34. The van der Waals surface area contributed by atoms with E-state index in [0.29, 0.717) is 47.4 Å². The number of likely N-dealkylation sites (N-methyl/N-ethyl adjacent to an activating group) is 1. The molecule has 3 aromatic rings. The second kappa shape index (κ2) is 12.3. The SMILES string of the molecule is CO[S-](=O)=Nc1ccc(OCC(=O)N(C)C(CN2CC[C@H](O)C2)c2cccc(C(F)(F)F)c2)c2cccnc12. The Morgan fingerprint density at radius 1 is 1.28 bits per heavy atom. The van der Waals surface area contributed by atoms with E-state index < -0.39 is 40.7 Å². The first kappa shape index (κ1) is 28.7. The molecule has 1 fully saturated rings. The zero-order valence-corrected chi connectivity index (χ0v) is 22.1. The predicted octanol–water partition coefficient (Wildman–Crippen LogP) is 4.24. The number of likely N-dealkylation sites (tertiary alicyclic amines) is 1. The maximum absolute atomic E-state index is 13.4. The lowest BCUT2D eigenvalue weighted by Crippen LogP contribution is -2.41. The minimum atomic E-state index is -4.53. The Kier molecular flexibility index (Phi) is 9.05. The number of benzene rings is 2. The van der Waals surface area contributed by atoms with Gasteiger partial charge in [-0.2, -0.15) is 13.2 Å². The number of aliphatic hydroxyl groups excluding tert-OH is 1. The summed E-state index contributed by atoms with van der Waals surface area (Å²) in [7, 11) is 0.876. The summed E-state index contributed by atoms with van der Waals surface area (Å²) in [6.07, 6.45) is -2.96. The smallest absolute Gasteiger partial charge is 0.416 e. The fourth-order valence-corrected chi connectivity index (χ4v) is 4.84. The van der Waals surface area contributed by atoms with Crippen molar-refractivity contribution in [2.45, 2.75) is 24.7 Å². The molecule has 0 spiro atoms. The molecule has 4 rings (SSSR count). The van der Waals surface area contributed by atoms with E-state index in [9.17, 15) is 27.3 Å². The summed E-state index contributed by atoms with van der Waals surface area (Å²) in [4.78, 5) is 20.8. The lowest BCUT2D eigenvalue weighted by molar-refractivity contribution is -0.137. The molecule has 1 amide bonds. The molecule has 1 aliphatic rings. The molecule has 0 bridgehead atoms. The van der Waals surface area contributed by atoms with Gasteiger partial charge in [0.1, 0.15) is 5.75 Å². The molecule has 2 aromatic carbocycles. The van der Waals surface area contributed by atoms with E-state index in [2.05, 4.69) is 9.35 Å². The monoisotopic (exact) mass is 565 g/mol. The van der Waals surface area contributed by atoms with Crippen molar-refractivity contribution in [3.05, 3.63) is 65.9 Å². The van der Waals surface area contributed by atoms with E-state index in [0.717, 1.165) is 12.1 Å². The molecule has 0 radical (unpaired) electrons. The number of ether oxygens (including phenoxy) is 1. The van der Waals surface area contributed by atoms with Crippen LogP contribution < -0.4 is 4.74 Å². The highest BCUT2D eigenvalue weighted by Gasteiger charge is 2.33. The minimum absolute atomic E-state index is 0.250. The number of rotatable bonds is 9. The van der Waals surface area contributed by atoms with E-state index in [1.807, 2.05) is 4.90 Å². The lowest BCUT2D eigenvalue weighted by atomic mass is 10.0. The maximum Gasteiger partial charge on any atom is 0.416 e. The van der Waals surface area contributed by atoms with Crippen LogP contribution >= 0.6 is 0 Å². The summed E-state index contributed by atoms with van der Waals surface area (Å²) in [6, 6.07) is 10.7. The highest BCUT2D eigenvalue weighted by molar-refractivity contribution is 7.69. The van der Waals surface area contributed by atoms with Gasteiger partial charge in [0.05, 0.1) is 28.9 Å². The number of halogens is 3. The number of amides is 1. The molecule has 39 heavy (non-hydrogen) atoms. The molecule has 9 nitrogen and oxygen atoms in total. The van der Waals surface area contributed by atoms with Crippen LogP contribution in [0.2, 0.25) is 0 Å². The molecule has 1 aliphatic heterocycles. The van der Waals surface area contributed by atoms with Crippen LogP contribution in [0.25, 0.3) is 10.9 Å². The van der Waals surface area contributed by atoms with Crippen molar-refractivity contribution in [2.75, 3.05) is 40.4 Å². The van der Waals surface area contributed by atoms with Gasteiger partial charge in [0, 0.05) is 45.4 Å². The van der Waals surface area contributed by atoms with Crippen LogP contribution in [0.3, 0.4) is 0 Å². The van der Waals surface area contributed by atoms with Crippen molar-refractivity contribution in [3.8, 4) is 5.75 Å². The fourth-order valence-electron chi connectivity index (χ4n) is 4.46. The average molecular weight is 566 g/mol. The normalized spacial score (nSPS) is 17.8. The van der Waals surface area contributed by atoms with E-state index >= 15 is 0 Å². The third-order valence-corrected chi connectivity index (χ3v) is 7.14. The lowest BCUT2D eigenvalue weighted by Gasteiger charge is -2.32. The largest absolute Gasteiger partial charge is 0.483 e. The summed E-state index contributed by atoms with van der Waals surface area (Å²) < 4.78 is 66.5. The first-order valence-corrected chi connectivity index (χ1v) is 13.1. The van der Waals surface area contributed by atoms with Crippen LogP contribution in [0.4, 0.5) is 18.9 Å². The molecule has 1 unspecified atom stereocenters. The first-order chi connectivity index (χ1) is 18.6. The van der Waals surface area contributed by atoms with Gasteiger partial charge in [-0.05, 0) is 48.4 Å². The number of carbonyl (C=O) groups excluding carboxylic acids is 1. The third kappa shape index (κ3) is 7.04. The Balaban J connectivity index is 1.57. The summed E-state index contributed by atoms with van der Waals surface area (Å²) in [5.41, 5.74) is 0.242. The van der Waals surface area contributed by atoms with Gasteiger partial charge in [-0.1, -0.05) is 23.0 Å². The molecule has 1 N–H and O–H groups in total. The van der Waals surface area contributed by atoms with Crippen molar-refractivity contribution in [3.63, 3.8) is 0 Å². The molecule has 1 aromatic heterocycles. The third-order valence-electron chi connectivity index (χ3n) is 6.51. The second-order valence-corrected chi connectivity index (χ2v) is 10.0. The second-order valence-electron chi connectivity index (χ2n) is 9.09. The zero-order chi connectivity index (χ0) is 28.2. The summed E-state index contributed by atoms with van der Waals surface area (Å²) in [5, 5.41) is 10.5. The molecule has 2 heterocycles. The maximum atomic E-state index is 13.4. The fraction of sp³-hybridized carbons (Fsp3) is 0.385. The van der Waals surface area contributed by atoms with Crippen LogP contribution in [-0.4, -0.2) is 72.3 Å². The molecule has 0 saturated carbocycles. The van der Waals surface area contributed by atoms with E-state index in [4.69, 9.17) is 8.92 Å². The van der Waals surface area contributed by atoms with Crippen molar-refractivity contribution >= 4 is 33.4 Å². The van der Waals surface area contributed by atoms with Gasteiger partial charge < -0.3 is 27.5 Å². The van der Waals surface area contributed by atoms with Crippen molar-refractivity contribution in [1.82, 2.24) is 14.8 Å². The highest BCUT2D eigenvalue weighted by atomic mass is 32.2. The van der Waals surface area contributed by atoms with E-state index in [-0.39, 0.29) is 13.2 Å². The molecular weight excluding hydrogens is 537 g/mol. The van der Waals surface area contributed by atoms with Gasteiger partial charge in [-0.25, -0.2) is 0 Å². The van der Waals surface area contributed by atoms with E-state index in [1.54, 1.807) is 30.3 Å². The van der Waals surface area contributed by atoms with Crippen LogP contribution in [0.1, 0.15) is 23.6 Å². The Bertz CT molecular complexity index is 1410. The van der Waals surface area contributed by atoms with Gasteiger partial charge in [0.25, 0.3) is 5.91 Å². The molecule has 1 saturated heterocycles. The standard InChI is InChI=1S/C26H28F3N4O5S/c1-32(22(15-33-12-10-19(34)14-33)17-5-3-6-18(13-17)26(27,28)29)24(35)16-38-23-9-8-21(31-39(36)37-2)25-20(23)7-4-11-30-25/h3-9,11,13,19,22,34H,10,12,14-16H2,1-2H3/q-1/t19-,22?/m0/s1. The quantitative estimate of drug-likeness (QED) is 0.387. The summed E-state index contributed by atoms with van der Waals surface area (Å²) in [5.74, 6) is -0.122. The van der Waals surface area contributed by atoms with Crippen molar-refractivity contribution in [1.29, 1.82) is 0 Å². The number of β-amino-alcohol motifs (C(OH)–C–C–N with tert-alkyl or cyclic N) is 1. The zero-order valence-electron chi connectivity index (χ0n) is 21.3. The van der Waals surface area contributed by atoms with Gasteiger partial charge in [-0.3, -0.25) is 14.7 Å². The van der Waals surface area contributed by atoms with Crippen molar-refractivity contribution < 1.29 is 36.2 Å². The van der Waals surface area contributed by atoms with Crippen LogP contribution in [0, 0.1) is 0 Å². The Morgan fingerprint density at radius 3 is 2.77 bits per heavy atom.